The monoisotopic (exact) mass is 160 g/mol. The van der Waals surface area contributed by atoms with Crippen LogP contribution in [0.5, 0.6) is 0 Å². The average molecular weight is 161 g/mol. The van der Waals surface area contributed by atoms with Crippen LogP contribution in [0, 0.1) is 0 Å². The Hall–Kier alpha value is 0.0300. The van der Waals surface area contributed by atoms with E-state index in [0.29, 0.717) is 0 Å². The van der Waals surface area contributed by atoms with Gasteiger partial charge in [0.25, 0.3) is 0 Å². The lowest BCUT2D eigenvalue weighted by Crippen LogP contribution is -1.75. The first-order chi connectivity index (χ1) is 4.91. The van der Waals surface area contributed by atoms with Gasteiger partial charge in [-0.15, -0.1) is 11.6 Å². The van der Waals surface area contributed by atoms with Gasteiger partial charge in [-0.2, -0.15) is 0 Å². The van der Waals surface area contributed by atoms with E-state index in [4.69, 9.17) is 11.6 Å². The summed E-state index contributed by atoms with van der Waals surface area (Å²) >= 11 is 5.52. The SMILES string of the molecule is CC/C=C/CCCCCCl. The number of halogens is 1. The highest BCUT2D eigenvalue weighted by atomic mass is 35.5. The fraction of sp³-hybridized carbons (Fsp3) is 0.778. The van der Waals surface area contributed by atoms with Crippen LogP contribution in [0.1, 0.15) is 39.0 Å². The molecule has 0 nitrogen and oxygen atoms in total. The number of rotatable bonds is 6. The van der Waals surface area contributed by atoms with Crippen LogP contribution in [-0.2, 0) is 0 Å². The van der Waals surface area contributed by atoms with Crippen LogP contribution in [0.4, 0.5) is 0 Å². The maximum absolute atomic E-state index is 5.52. The van der Waals surface area contributed by atoms with E-state index in [1.165, 1.54) is 25.7 Å². The average Bonchev–Trinajstić information content (AvgIpc) is 1.97. The van der Waals surface area contributed by atoms with E-state index in [1.54, 1.807) is 0 Å². The number of alkyl halides is 1. The Morgan fingerprint density at radius 3 is 2.50 bits per heavy atom. The van der Waals surface area contributed by atoms with Gasteiger partial charge in [0.1, 0.15) is 0 Å². The van der Waals surface area contributed by atoms with Crippen molar-refractivity contribution in [1.29, 1.82) is 0 Å². The highest BCUT2D eigenvalue weighted by Crippen LogP contribution is 2.01. The lowest BCUT2D eigenvalue weighted by molar-refractivity contribution is 0.731. The van der Waals surface area contributed by atoms with Crippen molar-refractivity contribution < 1.29 is 0 Å². The summed E-state index contributed by atoms with van der Waals surface area (Å²) in [6, 6.07) is 0. The van der Waals surface area contributed by atoms with Crippen LogP contribution >= 0.6 is 11.6 Å². The van der Waals surface area contributed by atoms with Gasteiger partial charge in [-0.05, 0) is 25.7 Å². The van der Waals surface area contributed by atoms with Crippen LogP contribution in [-0.4, -0.2) is 5.88 Å². The summed E-state index contributed by atoms with van der Waals surface area (Å²) in [5, 5.41) is 0. The van der Waals surface area contributed by atoms with Gasteiger partial charge in [0.15, 0.2) is 0 Å². The van der Waals surface area contributed by atoms with Gasteiger partial charge in [0, 0.05) is 5.88 Å². The van der Waals surface area contributed by atoms with Crippen molar-refractivity contribution in [2.24, 2.45) is 0 Å². The smallest absolute Gasteiger partial charge is 0.0223 e. The lowest BCUT2D eigenvalue weighted by Gasteiger charge is -1.92. The molecule has 0 unspecified atom stereocenters. The van der Waals surface area contributed by atoms with Crippen molar-refractivity contribution >= 4 is 11.6 Å². The number of hydrogen-bond donors (Lipinski definition) is 0. The first-order valence-corrected chi connectivity index (χ1v) is 4.66. The Kier molecular flexibility index (Phi) is 9.06. The van der Waals surface area contributed by atoms with Gasteiger partial charge in [-0.1, -0.05) is 25.5 Å². The van der Waals surface area contributed by atoms with Crippen LogP contribution in [0.2, 0.25) is 0 Å². The Morgan fingerprint density at radius 2 is 1.90 bits per heavy atom. The predicted molar refractivity (Wildman–Crippen MR) is 48.6 cm³/mol. The molecule has 0 aliphatic rings. The molecule has 0 saturated heterocycles. The summed E-state index contributed by atoms with van der Waals surface area (Å²) < 4.78 is 0. The van der Waals surface area contributed by atoms with Crippen molar-refractivity contribution in [3.63, 3.8) is 0 Å². The van der Waals surface area contributed by atoms with Crippen molar-refractivity contribution in [2.45, 2.75) is 39.0 Å². The zero-order valence-electron chi connectivity index (χ0n) is 6.78. The van der Waals surface area contributed by atoms with Gasteiger partial charge in [-0.3, -0.25) is 0 Å². The lowest BCUT2D eigenvalue weighted by atomic mass is 10.2. The van der Waals surface area contributed by atoms with E-state index in [-0.39, 0.29) is 0 Å². The summed E-state index contributed by atoms with van der Waals surface area (Å²) in [6.45, 7) is 2.16. The van der Waals surface area contributed by atoms with E-state index in [9.17, 15) is 0 Å². The summed E-state index contributed by atoms with van der Waals surface area (Å²) in [6.07, 6.45) is 10.6. The molecule has 0 aromatic rings. The van der Waals surface area contributed by atoms with Gasteiger partial charge in [0.05, 0.1) is 0 Å². The van der Waals surface area contributed by atoms with E-state index in [1.807, 2.05) is 0 Å². The molecule has 0 N–H and O–H groups in total. The third kappa shape index (κ3) is 8.03. The van der Waals surface area contributed by atoms with Crippen molar-refractivity contribution in [2.75, 3.05) is 5.88 Å². The topological polar surface area (TPSA) is 0 Å². The van der Waals surface area contributed by atoms with E-state index >= 15 is 0 Å². The molecular weight excluding hydrogens is 144 g/mol. The Labute approximate surface area is 69.3 Å². The Balaban J connectivity index is 2.83. The molecule has 0 rings (SSSR count). The summed E-state index contributed by atoms with van der Waals surface area (Å²) in [7, 11) is 0. The molecule has 0 amide bonds. The second-order valence-corrected chi connectivity index (χ2v) is 2.80. The zero-order valence-corrected chi connectivity index (χ0v) is 7.53. The summed E-state index contributed by atoms with van der Waals surface area (Å²) in [5.74, 6) is 0.817. The molecule has 10 heavy (non-hydrogen) atoms. The molecule has 1 heteroatoms. The van der Waals surface area contributed by atoms with Gasteiger partial charge < -0.3 is 0 Å². The second-order valence-electron chi connectivity index (χ2n) is 2.42. The second kappa shape index (κ2) is 9.03. The quantitative estimate of drug-likeness (QED) is 0.316. The molecular formula is C9H17Cl. The van der Waals surface area contributed by atoms with Gasteiger partial charge >= 0.3 is 0 Å². The van der Waals surface area contributed by atoms with E-state index in [2.05, 4.69) is 19.1 Å². The molecule has 60 valence electrons. The molecule has 0 bridgehead atoms. The molecule has 0 atom stereocenters. The molecule has 0 saturated carbocycles. The minimum Gasteiger partial charge on any atom is -0.127 e. The molecule has 0 heterocycles. The highest BCUT2D eigenvalue weighted by molar-refractivity contribution is 6.17. The van der Waals surface area contributed by atoms with Crippen LogP contribution in [0.15, 0.2) is 12.2 Å². The van der Waals surface area contributed by atoms with Crippen molar-refractivity contribution in [1.82, 2.24) is 0 Å². The van der Waals surface area contributed by atoms with Gasteiger partial charge in [0.2, 0.25) is 0 Å². The first kappa shape index (κ1) is 10.0. The van der Waals surface area contributed by atoms with Gasteiger partial charge in [-0.25, -0.2) is 0 Å². The fourth-order valence-electron chi connectivity index (χ4n) is 0.818. The standard InChI is InChI=1S/C9H17Cl/c1-2-3-4-5-6-7-8-9-10/h3-4H,2,5-9H2,1H3/b4-3+. The van der Waals surface area contributed by atoms with Crippen molar-refractivity contribution in [3.05, 3.63) is 12.2 Å². The number of hydrogen-bond acceptors (Lipinski definition) is 0. The first-order valence-electron chi connectivity index (χ1n) is 4.12. The van der Waals surface area contributed by atoms with Crippen molar-refractivity contribution in [3.8, 4) is 0 Å². The minimum absolute atomic E-state index is 0.817. The zero-order chi connectivity index (χ0) is 7.66. The molecule has 0 spiro atoms. The van der Waals surface area contributed by atoms with Crippen LogP contribution in [0.25, 0.3) is 0 Å². The van der Waals surface area contributed by atoms with Crippen LogP contribution < -0.4 is 0 Å². The Morgan fingerprint density at radius 1 is 1.10 bits per heavy atom. The Bertz CT molecular complexity index is 76.8. The predicted octanol–water partition coefficient (Wildman–Crippen LogP) is 3.75. The largest absolute Gasteiger partial charge is 0.127 e. The molecule has 0 aliphatic heterocycles. The summed E-state index contributed by atoms with van der Waals surface area (Å²) in [5.41, 5.74) is 0. The number of unbranched alkanes of at least 4 members (excludes halogenated alkanes) is 3. The van der Waals surface area contributed by atoms with E-state index in [0.717, 1.165) is 12.3 Å². The molecule has 0 aliphatic carbocycles. The summed E-state index contributed by atoms with van der Waals surface area (Å²) in [4.78, 5) is 0. The van der Waals surface area contributed by atoms with Crippen LogP contribution in [0.3, 0.4) is 0 Å². The third-order valence-corrected chi connectivity index (χ3v) is 1.67. The molecule has 0 fully saturated rings. The molecule has 0 radical (unpaired) electrons. The molecule has 0 aromatic carbocycles. The highest BCUT2D eigenvalue weighted by Gasteiger charge is 1.83. The minimum atomic E-state index is 0.817. The normalized spacial score (nSPS) is 11.0. The fourth-order valence-corrected chi connectivity index (χ4v) is 1.01. The number of allylic oxidation sites excluding steroid dienone is 2. The van der Waals surface area contributed by atoms with E-state index < -0.39 is 0 Å². The third-order valence-electron chi connectivity index (χ3n) is 1.41. The maximum Gasteiger partial charge on any atom is 0.0223 e. The maximum atomic E-state index is 5.52. The molecule has 0 aromatic heterocycles.